The molecule has 10 nitrogen and oxygen atoms in total. The predicted octanol–water partition coefficient (Wildman–Crippen LogP) is 3.01. The zero-order valence-corrected chi connectivity index (χ0v) is 20.5. The summed E-state index contributed by atoms with van der Waals surface area (Å²) >= 11 is 0. The van der Waals surface area contributed by atoms with E-state index in [-0.39, 0.29) is 23.9 Å². The molecule has 0 radical (unpaired) electrons. The average Bonchev–Trinajstić information content (AvgIpc) is 3.54. The highest BCUT2D eigenvalue weighted by Crippen LogP contribution is 2.28. The summed E-state index contributed by atoms with van der Waals surface area (Å²) in [5, 5.41) is 22.5. The first-order chi connectivity index (χ1) is 18.3. The van der Waals surface area contributed by atoms with Crippen molar-refractivity contribution in [3.8, 4) is 5.69 Å². The SMILES string of the molecule is O=C(Nc1ccc(-n2cnn(CC(O)(Cn3cncn3)c3ccc(F)cc3F)c2=O)cc1)C1CCCCC1. The molecule has 2 aromatic heterocycles. The molecule has 1 saturated carbocycles. The van der Waals surface area contributed by atoms with Crippen LogP contribution in [-0.4, -0.2) is 40.1 Å². The van der Waals surface area contributed by atoms with E-state index < -0.39 is 29.5 Å². The number of benzene rings is 2. The fourth-order valence-electron chi connectivity index (χ4n) is 4.85. The number of anilines is 1. The van der Waals surface area contributed by atoms with Gasteiger partial charge in [-0.2, -0.15) is 10.2 Å². The van der Waals surface area contributed by atoms with E-state index in [1.54, 1.807) is 24.3 Å². The van der Waals surface area contributed by atoms with Crippen LogP contribution in [-0.2, 0) is 23.5 Å². The minimum absolute atomic E-state index is 0.00197. The smallest absolute Gasteiger partial charge is 0.350 e. The number of amides is 1. The van der Waals surface area contributed by atoms with Crippen molar-refractivity contribution < 1.29 is 18.7 Å². The predicted molar refractivity (Wildman–Crippen MR) is 133 cm³/mol. The Morgan fingerprint density at radius 1 is 1.03 bits per heavy atom. The summed E-state index contributed by atoms with van der Waals surface area (Å²) in [6.45, 7) is -0.693. The lowest BCUT2D eigenvalue weighted by Gasteiger charge is -2.28. The van der Waals surface area contributed by atoms with Crippen LogP contribution in [0.4, 0.5) is 14.5 Å². The maximum atomic E-state index is 14.7. The van der Waals surface area contributed by atoms with Crippen LogP contribution in [0.3, 0.4) is 0 Å². The second-order valence-electron chi connectivity index (χ2n) is 9.56. The van der Waals surface area contributed by atoms with Crippen molar-refractivity contribution in [2.45, 2.75) is 50.8 Å². The summed E-state index contributed by atoms with van der Waals surface area (Å²) in [6.07, 6.45) is 8.95. The van der Waals surface area contributed by atoms with Crippen LogP contribution in [0.1, 0.15) is 37.7 Å². The maximum Gasteiger partial charge on any atom is 0.350 e. The molecule has 38 heavy (non-hydrogen) atoms. The molecular formula is C26H27F2N7O3. The highest BCUT2D eigenvalue weighted by molar-refractivity contribution is 5.92. The number of hydrogen-bond donors (Lipinski definition) is 2. The Morgan fingerprint density at radius 2 is 1.79 bits per heavy atom. The molecular weight excluding hydrogens is 496 g/mol. The first kappa shape index (κ1) is 25.5. The van der Waals surface area contributed by atoms with Gasteiger partial charge in [0.1, 0.15) is 36.2 Å². The molecule has 2 heterocycles. The second-order valence-corrected chi connectivity index (χ2v) is 9.56. The summed E-state index contributed by atoms with van der Waals surface area (Å²) in [4.78, 5) is 29.5. The van der Waals surface area contributed by atoms with Crippen LogP contribution >= 0.6 is 0 Å². The van der Waals surface area contributed by atoms with Crippen molar-refractivity contribution in [3.05, 3.63) is 89.1 Å². The van der Waals surface area contributed by atoms with E-state index in [9.17, 15) is 23.5 Å². The van der Waals surface area contributed by atoms with Crippen molar-refractivity contribution in [1.82, 2.24) is 29.1 Å². The number of aromatic nitrogens is 6. The lowest BCUT2D eigenvalue weighted by Crippen LogP contribution is -2.41. The Hall–Kier alpha value is -4.19. The first-order valence-corrected chi connectivity index (χ1v) is 12.4. The fraction of sp³-hybridized carbons (Fsp3) is 0.346. The second kappa shape index (κ2) is 10.7. The standard InChI is InChI=1S/C26H27F2N7O3/c27-19-6-11-22(23(28)12-19)26(38,13-33-16-29-15-30-33)14-35-25(37)34(17-31-35)21-9-7-20(8-10-21)32-24(36)18-4-2-1-3-5-18/h6-12,15-18,38H,1-5,13-14H2,(H,32,36). The van der Waals surface area contributed by atoms with Gasteiger partial charge in [-0.1, -0.05) is 25.3 Å². The van der Waals surface area contributed by atoms with E-state index >= 15 is 0 Å². The average molecular weight is 524 g/mol. The molecule has 5 rings (SSSR count). The van der Waals surface area contributed by atoms with Crippen molar-refractivity contribution in [1.29, 1.82) is 0 Å². The van der Waals surface area contributed by atoms with Gasteiger partial charge in [0.2, 0.25) is 5.91 Å². The van der Waals surface area contributed by atoms with Gasteiger partial charge in [-0.25, -0.2) is 32.5 Å². The lowest BCUT2D eigenvalue weighted by molar-refractivity contribution is -0.120. The Balaban J connectivity index is 1.37. The van der Waals surface area contributed by atoms with Gasteiger partial charge in [-0.05, 0) is 43.2 Å². The molecule has 1 aliphatic carbocycles. The Labute approximate surface area is 216 Å². The number of rotatable bonds is 8. The van der Waals surface area contributed by atoms with E-state index in [2.05, 4.69) is 20.5 Å². The van der Waals surface area contributed by atoms with Crippen molar-refractivity contribution in [2.24, 2.45) is 5.92 Å². The third kappa shape index (κ3) is 5.40. The molecule has 0 saturated heterocycles. The van der Waals surface area contributed by atoms with Gasteiger partial charge >= 0.3 is 5.69 Å². The van der Waals surface area contributed by atoms with E-state index in [1.807, 2.05) is 0 Å². The van der Waals surface area contributed by atoms with Crippen LogP contribution in [0.15, 0.2) is 66.2 Å². The van der Waals surface area contributed by atoms with E-state index in [0.717, 1.165) is 48.9 Å². The van der Waals surface area contributed by atoms with E-state index in [4.69, 9.17) is 0 Å². The lowest BCUT2D eigenvalue weighted by atomic mass is 9.88. The number of nitrogens with zero attached hydrogens (tertiary/aromatic N) is 6. The number of halogens is 2. The summed E-state index contributed by atoms with van der Waals surface area (Å²) in [5.74, 6) is -1.74. The number of hydrogen-bond acceptors (Lipinski definition) is 6. The summed E-state index contributed by atoms with van der Waals surface area (Å²) in [5.41, 5.74) is -1.68. The molecule has 1 atom stereocenters. The molecule has 2 aromatic carbocycles. The van der Waals surface area contributed by atoms with E-state index in [1.165, 1.54) is 28.2 Å². The van der Waals surface area contributed by atoms with Gasteiger partial charge in [0.15, 0.2) is 0 Å². The van der Waals surface area contributed by atoms with Crippen molar-refractivity contribution in [2.75, 3.05) is 5.32 Å². The zero-order valence-electron chi connectivity index (χ0n) is 20.5. The van der Waals surface area contributed by atoms with Gasteiger partial charge in [0.05, 0.1) is 18.8 Å². The van der Waals surface area contributed by atoms with Gasteiger partial charge in [-0.15, -0.1) is 0 Å². The highest BCUT2D eigenvalue weighted by atomic mass is 19.1. The normalized spacial score (nSPS) is 15.8. The molecule has 0 aliphatic heterocycles. The molecule has 1 unspecified atom stereocenters. The van der Waals surface area contributed by atoms with Crippen LogP contribution in [0.2, 0.25) is 0 Å². The Kier molecular flexibility index (Phi) is 7.14. The Morgan fingerprint density at radius 3 is 2.47 bits per heavy atom. The zero-order chi connectivity index (χ0) is 26.7. The minimum Gasteiger partial charge on any atom is -0.381 e. The molecule has 4 aromatic rings. The molecule has 0 bridgehead atoms. The largest absolute Gasteiger partial charge is 0.381 e. The third-order valence-corrected chi connectivity index (χ3v) is 6.86. The van der Waals surface area contributed by atoms with Gasteiger partial charge in [0, 0.05) is 23.2 Å². The topological polar surface area (TPSA) is 120 Å². The molecule has 1 aliphatic rings. The maximum absolute atomic E-state index is 14.7. The van der Waals surface area contributed by atoms with Crippen LogP contribution < -0.4 is 11.0 Å². The molecule has 198 valence electrons. The van der Waals surface area contributed by atoms with Crippen LogP contribution in [0.5, 0.6) is 0 Å². The monoisotopic (exact) mass is 523 g/mol. The number of carbonyl (C=O) groups excluding carboxylic acids is 1. The molecule has 0 spiro atoms. The summed E-state index contributed by atoms with van der Waals surface area (Å²) < 4.78 is 31.8. The Bertz CT molecular complexity index is 1460. The van der Waals surface area contributed by atoms with Crippen molar-refractivity contribution in [3.63, 3.8) is 0 Å². The van der Waals surface area contributed by atoms with Crippen LogP contribution in [0, 0.1) is 17.6 Å². The fourth-order valence-corrected chi connectivity index (χ4v) is 4.85. The molecule has 2 N–H and O–H groups in total. The van der Waals surface area contributed by atoms with Crippen molar-refractivity contribution >= 4 is 11.6 Å². The summed E-state index contributed by atoms with van der Waals surface area (Å²) in [7, 11) is 0. The third-order valence-electron chi connectivity index (χ3n) is 6.86. The van der Waals surface area contributed by atoms with Gasteiger partial charge < -0.3 is 10.4 Å². The number of carbonyl (C=O) groups is 1. The molecule has 1 fully saturated rings. The van der Waals surface area contributed by atoms with Gasteiger partial charge in [0.25, 0.3) is 0 Å². The highest BCUT2D eigenvalue weighted by Gasteiger charge is 2.35. The quantitative estimate of drug-likeness (QED) is 0.366. The summed E-state index contributed by atoms with van der Waals surface area (Å²) in [6, 6.07) is 9.57. The minimum atomic E-state index is -2.00. The van der Waals surface area contributed by atoms with Gasteiger partial charge in [-0.3, -0.25) is 4.79 Å². The number of nitrogens with one attached hydrogen (secondary N) is 1. The molecule has 12 heteroatoms. The van der Waals surface area contributed by atoms with E-state index in [0.29, 0.717) is 17.4 Å². The number of aliphatic hydroxyl groups is 1. The molecule has 1 amide bonds. The first-order valence-electron chi connectivity index (χ1n) is 12.4. The van der Waals surface area contributed by atoms with Crippen LogP contribution in [0.25, 0.3) is 5.69 Å².